The number of aliphatic carboxylic acids is 1. The minimum atomic E-state index is -0.946. The minimum absolute atomic E-state index is 0.0952. The van der Waals surface area contributed by atoms with E-state index < -0.39 is 5.97 Å². The quantitative estimate of drug-likeness (QED) is 0.753. The lowest BCUT2D eigenvalue weighted by atomic mass is 10.1. The second-order valence-corrected chi connectivity index (χ2v) is 4.35. The Bertz CT molecular complexity index is 530. The summed E-state index contributed by atoms with van der Waals surface area (Å²) in [5.41, 5.74) is 0.663. The van der Waals surface area contributed by atoms with E-state index in [1.165, 1.54) is 27.2 Å². The average Bonchev–Trinajstić information content (AvgIpc) is 2.39. The van der Waals surface area contributed by atoms with Gasteiger partial charge in [0.2, 0.25) is 0 Å². The third kappa shape index (κ3) is 3.54. The number of ether oxygens (including phenoxy) is 2. The summed E-state index contributed by atoms with van der Waals surface area (Å²) in [7, 11) is 2.87. The molecule has 0 radical (unpaired) electrons. The van der Waals surface area contributed by atoms with Crippen LogP contribution < -0.4 is 14.8 Å². The molecule has 0 saturated carbocycles. The van der Waals surface area contributed by atoms with Gasteiger partial charge in [0.1, 0.15) is 5.02 Å². The Hall–Kier alpha value is -1.95. The van der Waals surface area contributed by atoms with Crippen molar-refractivity contribution in [2.24, 2.45) is 0 Å². The molecule has 0 unspecified atom stereocenters. The number of hydrogen-bond acceptors (Lipinski definition) is 5. The van der Waals surface area contributed by atoms with Gasteiger partial charge in [0.15, 0.2) is 17.3 Å². The molecule has 0 saturated heterocycles. The Morgan fingerprint density at radius 2 is 2.00 bits per heavy atom. The summed E-state index contributed by atoms with van der Waals surface area (Å²) < 4.78 is 10.3. The van der Waals surface area contributed by atoms with Crippen molar-refractivity contribution in [1.82, 2.24) is 0 Å². The lowest BCUT2D eigenvalue weighted by molar-refractivity contribution is -0.136. The van der Waals surface area contributed by atoms with Gasteiger partial charge in [-0.3, -0.25) is 9.59 Å². The topological polar surface area (TPSA) is 84.9 Å². The Morgan fingerprint density at radius 1 is 1.35 bits per heavy atom. The van der Waals surface area contributed by atoms with Crippen LogP contribution in [0.2, 0.25) is 5.02 Å². The maximum atomic E-state index is 11.7. The van der Waals surface area contributed by atoms with Gasteiger partial charge < -0.3 is 19.9 Å². The molecule has 7 heteroatoms. The van der Waals surface area contributed by atoms with Gasteiger partial charge in [-0.2, -0.15) is 0 Å². The van der Waals surface area contributed by atoms with Crippen LogP contribution >= 0.6 is 11.6 Å². The molecule has 1 aromatic rings. The number of anilines is 1. The molecular formula is C13H16ClNO5. The van der Waals surface area contributed by atoms with Gasteiger partial charge in [0.05, 0.1) is 26.3 Å². The van der Waals surface area contributed by atoms with E-state index in [2.05, 4.69) is 5.32 Å². The zero-order valence-corrected chi connectivity index (χ0v) is 12.2. The number of Topliss-reactive ketones (excluding diaryl/α,β-unsaturated/α-hetero) is 1. The first-order valence-corrected chi connectivity index (χ1v) is 6.21. The molecule has 6 nitrogen and oxygen atoms in total. The van der Waals surface area contributed by atoms with E-state index in [0.29, 0.717) is 17.0 Å². The highest BCUT2D eigenvalue weighted by Gasteiger charge is 2.20. The number of benzene rings is 1. The van der Waals surface area contributed by atoms with Crippen LogP contribution in [-0.4, -0.2) is 37.6 Å². The monoisotopic (exact) mass is 301 g/mol. The SMILES string of the molecule is COc1cc(C(C)=O)c(NCCC(=O)O)c(Cl)c1OC. The molecule has 0 aromatic heterocycles. The highest BCUT2D eigenvalue weighted by molar-refractivity contribution is 6.36. The van der Waals surface area contributed by atoms with Crippen LogP contribution in [0.5, 0.6) is 11.5 Å². The number of methoxy groups -OCH3 is 2. The van der Waals surface area contributed by atoms with Crippen LogP contribution in [0.1, 0.15) is 23.7 Å². The Kier molecular flexibility index (Phi) is 5.64. The van der Waals surface area contributed by atoms with Crippen molar-refractivity contribution in [3.8, 4) is 11.5 Å². The van der Waals surface area contributed by atoms with Crippen LogP contribution in [0, 0.1) is 0 Å². The van der Waals surface area contributed by atoms with Gasteiger partial charge in [0.25, 0.3) is 0 Å². The first kappa shape index (κ1) is 16.1. The highest BCUT2D eigenvalue weighted by atomic mass is 35.5. The molecule has 2 N–H and O–H groups in total. The molecule has 0 aliphatic carbocycles. The van der Waals surface area contributed by atoms with Crippen molar-refractivity contribution < 1.29 is 24.2 Å². The number of carbonyl (C=O) groups excluding carboxylic acids is 1. The summed E-state index contributed by atoms with van der Waals surface area (Å²) in [6.07, 6.45) is -0.0952. The molecule has 0 bridgehead atoms. The van der Waals surface area contributed by atoms with Crippen molar-refractivity contribution in [1.29, 1.82) is 0 Å². The van der Waals surface area contributed by atoms with E-state index in [-0.39, 0.29) is 29.5 Å². The molecule has 0 aliphatic heterocycles. The average molecular weight is 302 g/mol. The lowest BCUT2D eigenvalue weighted by Gasteiger charge is -2.17. The normalized spacial score (nSPS) is 10.0. The maximum Gasteiger partial charge on any atom is 0.305 e. The molecule has 110 valence electrons. The van der Waals surface area contributed by atoms with E-state index in [0.717, 1.165) is 0 Å². The van der Waals surface area contributed by atoms with Gasteiger partial charge in [-0.25, -0.2) is 0 Å². The standard InChI is InChI=1S/C13H16ClNO5/c1-7(16)8-6-9(19-2)13(20-3)11(14)12(8)15-5-4-10(17)18/h6,15H,4-5H2,1-3H3,(H,17,18). The van der Waals surface area contributed by atoms with E-state index >= 15 is 0 Å². The molecule has 0 amide bonds. The van der Waals surface area contributed by atoms with E-state index in [9.17, 15) is 9.59 Å². The second-order valence-electron chi connectivity index (χ2n) is 3.98. The first-order valence-electron chi connectivity index (χ1n) is 5.83. The van der Waals surface area contributed by atoms with Gasteiger partial charge >= 0.3 is 5.97 Å². The van der Waals surface area contributed by atoms with Gasteiger partial charge in [-0.05, 0) is 13.0 Å². The minimum Gasteiger partial charge on any atom is -0.493 e. The Morgan fingerprint density at radius 3 is 2.45 bits per heavy atom. The molecular weight excluding hydrogens is 286 g/mol. The fourth-order valence-corrected chi connectivity index (χ4v) is 2.03. The molecule has 1 rings (SSSR count). The van der Waals surface area contributed by atoms with Gasteiger partial charge in [-0.1, -0.05) is 11.6 Å². The summed E-state index contributed by atoms with van der Waals surface area (Å²) in [6.45, 7) is 1.53. The summed E-state index contributed by atoms with van der Waals surface area (Å²) in [6, 6.07) is 1.51. The molecule has 0 atom stereocenters. The molecule has 1 aromatic carbocycles. The molecule has 0 spiro atoms. The predicted molar refractivity (Wildman–Crippen MR) is 75.3 cm³/mol. The van der Waals surface area contributed by atoms with Crippen molar-refractivity contribution in [2.45, 2.75) is 13.3 Å². The number of carbonyl (C=O) groups is 2. The third-order valence-electron chi connectivity index (χ3n) is 2.63. The Labute approximate surface area is 121 Å². The number of nitrogens with one attached hydrogen (secondary N) is 1. The van der Waals surface area contributed by atoms with Crippen molar-refractivity contribution in [3.63, 3.8) is 0 Å². The van der Waals surface area contributed by atoms with E-state index in [4.69, 9.17) is 26.2 Å². The molecule has 0 fully saturated rings. The van der Waals surface area contributed by atoms with Crippen LogP contribution in [0.25, 0.3) is 0 Å². The Balaban J connectivity index is 3.24. The predicted octanol–water partition coefficient (Wildman–Crippen LogP) is 2.45. The number of rotatable bonds is 7. The van der Waals surface area contributed by atoms with Crippen molar-refractivity contribution in [2.75, 3.05) is 26.1 Å². The molecule has 0 heterocycles. The smallest absolute Gasteiger partial charge is 0.305 e. The number of carboxylic acid groups (broad SMARTS) is 1. The van der Waals surface area contributed by atoms with Crippen LogP contribution in [-0.2, 0) is 4.79 Å². The summed E-state index contributed by atoms with van der Waals surface area (Å²) in [5.74, 6) is -0.535. The zero-order chi connectivity index (χ0) is 15.3. The van der Waals surface area contributed by atoms with Crippen molar-refractivity contribution in [3.05, 3.63) is 16.7 Å². The fourth-order valence-electron chi connectivity index (χ4n) is 1.70. The van der Waals surface area contributed by atoms with Crippen molar-refractivity contribution >= 4 is 29.0 Å². The van der Waals surface area contributed by atoms with Gasteiger partial charge in [0, 0.05) is 12.1 Å². The highest BCUT2D eigenvalue weighted by Crippen LogP contribution is 2.42. The summed E-state index contributed by atoms with van der Waals surface area (Å²) in [4.78, 5) is 22.2. The summed E-state index contributed by atoms with van der Waals surface area (Å²) >= 11 is 6.19. The van der Waals surface area contributed by atoms with Crippen LogP contribution in [0.15, 0.2) is 6.07 Å². The van der Waals surface area contributed by atoms with Crippen LogP contribution in [0.3, 0.4) is 0 Å². The largest absolute Gasteiger partial charge is 0.493 e. The molecule has 20 heavy (non-hydrogen) atoms. The van der Waals surface area contributed by atoms with Crippen LogP contribution in [0.4, 0.5) is 5.69 Å². The lowest BCUT2D eigenvalue weighted by Crippen LogP contribution is -2.11. The number of halogens is 1. The number of hydrogen-bond donors (Lipinski definition) is 2. The maximum absolute atomic E-state index is 11.7. The summed E-state index contributed by atoms with van der Waals surface area (Å²) in [5, 5.41) is 11.7. The number of ketones is 1. The van der Waals surface area contributed by atoms with Gasteiger partial charge in [-0.15, -0.1) is 0 Å². The first-order chi connectivity index (χ1) is 9.42. The van der Waals surface area contributed by atoms with E-state index in [1.54, 1.807) is 0 Å². The number of carboxylic acids is 1. The second kappa shape index (κ2) is 7.00. The third-order valence-corrected chi connectivity index (χ3v) is 2.99. The molecule has 0 aliphatic rings. The fraction of sp³-hybridized carbons (Fsp3) is 0.385. The zero-order valence-electron chi connectivity index (χ0n) is 11.4. The van der Waals surface area contributed by atoms with E-state index in [1.807, 2.05) is 0 Å².